The second kappa shape index (κ2) is 8.47. The van der Waals surface area contributed by atoms with Crippen LogP contribution in [-0.2, 0) is 9.59 Å². The van der Waals surface area contributed by atoms with Crippen LogP contribution in [0.1, 0.15) is 44.9 Å². The summed E-state index contributed by atoms with van der Waals surface area (Å²) in [7, 11) is 0. The smallest absolute Gasteiger partial charge is 0.240 e. The molecule has 2 saturated heterocycles. The fraction of sp³-hybridized carbons (Fsp3) is 0.667. The third kappa shape index (κ3) is 4.29. The summed E-state index contributed by atoms with van der Waals surface area (Å²) >= 11 is 0. The summed E-state index contributed by atoms with van der Waals surface area (Å²) in [5.74, 6) is 0.536. The van der Waals surface area contributed by atoms with Gasteiger partial charge in [-0.2, -0.15) is 0 Å². The van der Waals surface area contributed by atoms with Gasteiger partial charge in [-0.3, -0.25) is 19.5 Å². The van der Waals surface area contributed by atoms with Crippen molar-refractivity contribution in [3.63, 3.8) is 0 Å². The number of fused-ring (bicyclic) bond motifs is 1. The van der Waals surface area contributed by atoms with Gasteiger partial charge in [0.1, 0.15) is 5.54 Å². The first kappa shape index (κ1) is 19.2. The second-order valence-corrected chi connectivity index (χ2v) is 8.40. The molecule has 3 heterocycles. The van der Waals surface area contributed by atoms with Crippen molar-refractivity contribution in [3.8, 4) is 0 Å². The molecule has 1 aromatic rings. The number of nitrogens with zero attached hydrogens (tertiary/aromatic N) is 2. The maximum Gasteiger partial charge on any atom is 0.240 e. The summed E-state index contributed by atoms with van der Waals surface area (Å²) in [5.41, 5.74) is 0.562. The number of amides is 2. The van der Waals surface area contributed by atoms with Crippen LogP contribution in [-0.4, -0.2) is 59.5 Å². The Balaban J connectivity index is 1.26. The van der Waals surface area contributed by atoms with Gasteiger partial charge in [-0.05, 0) is 63.6 Å². The average Bonchev–Trinajstić information content (AvgIpc) is 3.49. The Morgan fingerprint density at radius 3 is 2.93 bits per heavy atom. The monoisotopic (exact) mass is 385 g/mol. The van der Waals surface area contributed by atoms with Crippen LogP contribution in [0.4, 0.5) is 5.69 Å². The van der Waals surface area contributed by atoms with E-state index in [9.17, 15) is 9.59 Å². The van der Waals surface area contributed by atoms with Crippen LogP contribution in [0.2, 0.25) is 0 Å². The summed E-state index contributed by atoms with van der Waals surface area (Å²) in [6, 6.07) is 3.99. The van der Waals surface area contributed by atoms with Crippen molar-refractivity contribution >= 4 is 17.5 Å². The normalized spacial score (nSPS) is 27.1. The maximum absolute atomic E-state index is 13.1. The number of nitrogens with one attached hydrogen (secondary N) is 3. The van der Waals surface area contributed by atoms with Gasteiger partial charge in [0.15, 0.2) is 0 Å². The molecule has 2 amide bonds. The highest BCUT2D eigenvalue weighted by atomic mass is 16.2. The molecule has 0 bridgehead atoms. The quantitative estimate of drug-likeness (QED) is 0.591. The molecule has 0 aromatic carbocycles. The Morgan fingerprint density at radius 2 is 2.14 bits per heavy atom. The van der Waals surface area contributed by atoms with E-state index in [0.29, 0.717) is 6.54 Å². The van der Waals surface area contributed by atoms with E-state index in [1.54, 1.807) is 12.4 Å². The van der Waals surface area contributed by atoms with Gasteiger partial charge < -0.3 is 16.0 Å². The van der Waals surface area contributed by atoms with Crippen LogP contribution in [0.25, 0.3) is 0 Å². The molecule has 3 aliphatic rings. The van der Waals surface area contributed by atoms with E-state index >= 15 is 0 Å². The van der Waals surface area contributed by atoms with Crippen molar-refractivity contribution in [2.45, 2.75) is 56.5 Å². The topological polar surface area (TPSA) is 86.4 Å². The number of anilines is 1. The first-order valence-corrected chi connectivity index (χ1v) is 10.6. The molecule has 1 aromatic heterocycles. The molecule has 3 fully saturated rings. The first-order chi connectivity index (χ1) is 13.7. The fourth-order valence-electron chi connectivity index (χ4n) is 4.59. The predicted molar refractivity (Wildman–Crippen MR) is 108 cm³/mol. The minimum Gasteiger partial charge on any atom is -0.384 e. The summed E-state index contributed by atoms with van der Waals surface area (Å²) in [6.45, 7) is 3.20. The van der Waals surface area contributed by atoms with Crippen molar-refractivity contribution in [2.24, 2.45) is 5.92 Å². The Morgan fingerprint density at radius 1 is 1.25 bits per heavy atom. The molecule has 2 aliphatic heterocycles. The molecule has 152 valence electrons. The summed E-state index contributed by atoms with van der Waals surface area (Å²) in [5, 5.41) is 9.67. The molecule has 1 aliphatic carbocycles. The Labute approximate surface area is 166 Å². The van der Waals surface area contributed by atoms with Crippen LogP contribution in [0.15, 0.2) is 24.5 Å². The molecule has 4 rings (SSSR count). The highest BCUT2D eigenvalue weighted by Crippen LogP contribution is 2.38. The van der Waals surface area contributed by atoms with Gasteiger partial charge >= 0.3 is 0 Å². The first-order valence-electron chi connectivity index (χ1n) is 10.6. The molecule has 0 radical (unpaired) electrons. The van der Waals surface area contributed by atoms with E-state index < -0.39 is 5.54 Å². The number of carbonyl (C=O) groups excluding carboxylic acids is 2. The van der Waals surface area contributed by atoms with Gasteiger partial charge in [-0.25, -0.2) is 0 Å². The number of hydrogen-bond acceptors (Lipinski definition) is 5. The average molecular weight is 386 g/mol. The lowest BCUT2D eigenvalue weighted by Crippen LogP contribution is -2.57. The minimum absolute atomic E-state index is 0.101. The Bertz CT molecular complexity index is 693. The molecular formula is C21H31N5O2. The Kier molecular flexibility index (Phi) is 5.80. The predicted octanol–water partition coefficient (Wildman–Crippen LogP) is 1.52. The van der Waals surface area contributed by atoms with E-state index in [2.05, 4.69) is 25.8 Å². The van der Waals surface area contributed by atoms with Crippen molar-refractivity contribution in [3.05, 3.63) is 24.5 Å². The third-order valence-electron chi connectivity index (χ3n) is 6.25. The molecular weight excluding hydrogens is 354 g/mol. The maximum atomic E-state index is 13.1. The zero-order valence-corrected chi connectivity index (χ0v) is 16.5. The third-order valence-corrected chi connectivity index (χ3v) is 6.25. The molecule has 0 spiro atoms. The van der Waals surface area contributed by atoms with E-state index in [1.165, 1.54) is 0 Å². The van der Waals surface area contributed by atoms with Crippen LogP contribution in [0, 0.1) is 5.92 Å². The van der Waals surface area contributed by atoms with E-state index in [0.717, 1.165) is 70.3 Å². The minimum atomic E-state index is -0.434. The molecule has 1 saturated carbocycles. The van der Waals surface area contributed by atoms with Crippen LogP contribution in [0.3, 0.4) is 0 Å². The lowest BCUT2D eigenvalue weighted by Gasteiger charge is -2.40. The van der Waals surface area contributed by atoms with Crippen molar-refractivity contribution in [1.29, 1.82) is 0 Å². The zero-order chi connectivity index (χ0) is 19.4. The molecule has 1 unspecified atom stereocenters. The summed E-state index contributed by atoms with van der Waals surface area (Å²) in [6.07, 6.45) is 10.3. The second-order valence-electron chi connectivity index (χ2n) is 8.40. The standard InChI is InChI=1S/C21H31N5O2/c27-19(16-6-7-16)25-18-13-21(8-1-2-12-26(21)15-18)20(28)24-11-4-10-23-17-5-3-9-22-14-17/h3,5,9,14,16,18,23H,1-2,4,6-8,10-13,15H2,(H,24,28)(H,25,27)/t18?,21-/m1/s1. The van der Waals surface area contributed by atoms with Crippen molar-refractivity contribution < 1.29 is 9.59 Å². The number of aromatic nitrogens is 1. The molecule has 28 heavy (non-hydrogen) atoms. The van der Waals surface area contributed by atoms with Crippen LogP contribution < -0.4 is 16.0 Å². The van der Waals surface area contributed by atoms with E-state index in [4.69, 9.17) is 0 Å². The SMILES string of the molecule is O=C(NC1CN2CCCC[C@]2(C(=O)NCCCNc2cccnc2)C1)C1CC1. The Hall–Kier alpha value is -2.15. The lowest BCUT2D eigenvalue weighted by atomic mass is 9.84. The van der Waals surface area contributed by atoms with Gasteiger partial charge in [-0.1, -0.05) is 0 Å². The van der Waals surface area contributed by atoms with Gasteiger partial charge in [0.25, 0.3) is 0 Å². The largest absolute Gasteiger partial charge is 0.384 e. The number of hydrogen-bond donors (Lipinski definition) is 3. The van der Waals surface area contributed by atoms with Crippen LogP contribution in [0.5, 0.6) is 0 Å². The number of piperidine rings is 1. The van der Waals surface area contributed by atoms with Crippen molar-refractivity contribution in [2.75, 3.05) is 31.5 Å². The summed E-state index contributed by atoms with van der Waals surface area (Å²) in [4.78, 5) is 31.7. The van der Waals surface area contributed by atoms with Gasteiger partial charge in [0, 0.05) is 44.0 Å². The van der Waals surface area contributed by atoms with E-state index in [-0.39, 0.29) is 23.8 Å². The number of pyridine rings is 1. The van der Waals surface area contributed by atoms with Gasteiger partial charge in [0.2, 0.25) is 11.8 Å². The van der Waals surface area contributed by atoms with Crippen LogP contribution >= 0.6 is 0 Å². The molecule has 7 nitrogen and oxygen atoms in total. The summed E-state index contributed by atoms with van der Waals surface area (Å²) < 4.78 is 0. The fourth-order valence-corrected chi connectivity index (χ4v) is 4.59. The lowest BCUT2D eigenvalue weighted by molar-refractivity contribution is -0.134. The van der Waals surface area contributed by atoms with Crippen molar-refractivity contribution in [1.82, 2.24) is 20.5 Å². The highest BCUT2D eigenvalue weighted by Gasteiger charge is 2.52. The number of carbonyl (C=O) groups is 2. The van der Waals surface area contributed by atoms with Gasteiger partial charge in [-0.15, -0.1) is 0 Å². The molecule has 7 heteroatoms. The van der Waals surface area contributed by atoms with Gasteiger partial charge in [0.05, 0.1) is 5.69 Å². The molecule has 3 N–H and O–H groups in total. The highest BCUT2D eigenvalue weighted by molar-refractivity contribution is 5.87. The number of rotatable bonds is 8. The van der Waals surface area contributed by atoms with E-state index in [1.807, 2.05) is 12.1 Å². The zero-order valence-electron chi connectivity index (χ0n) is 16.5. The molecule has 2 atom stereocenters.